The van der Waals surface area contributed by atoms with Gasteiger partial charge in [-0.1, -0.05) is 18.2 Å². The molecule has 0 unspecified atom stereocenters. The summed E-state index contributed by atoms with van der Waals surface area (Å²) in [4.78, 5) is 33.3. The topological polar surface area (TPSA) is 122 Å². The maximum atomic E-state index is 12.3. The van der Waals surface area contributed by atoms with E-state index in [1.165, 1.54) is 11.3 Å². The molecule has 9 heteroatoms. The van der Waals surface area contributed by atoms with E-state index in [-0.39, 0.29) is 18.4 Å². The number of nitrogens with zero attached hydrogens (tertiary/aromatic N) is 2. The molecule has 8 nitrogen and oxygen atoms in total. The maximum Gasteiger partial charge on any atom is 0.251 e. The Labute approximate surface area is 201 Å². The molecule has 0 radical (unpaired) electrons. The Hall–Kier alpha value is -4.08. The van der Waals surface area contributed by atoms with Crippen molar-refractivity contribution in [3.05, 3.63) is 83.5 Å². The fourth-order valence-corrected chi connectivity index (χ4v) is 4.05. The number of nitrogens with two attached hydrogens (primary N) is 1. The molecule has 34 heavy (non-hydrogen) atoms. The molecule has 172 valence electrons. The number of thiazole rings is 1. The van der Waals surface area contributed by atoms with Gasteiger partial charge in [-0.15, -0.1) is 11.3 Å². The number of pyridine rings is 1. The van der Waals surface area contributed by atoms with Crippen molar-refractivity contribution in [2.45, 2.75) is 6.54 Å². The Morgan fingerprint density at radius 1 is 1.00 bits per heavy atom. The third-order valence-electron chi connectivity index (χ3n) is 5.00. The van der Waals surface area contributed by atoms with E-state index in [9.17, 15) is 9.59 Å². The van der Waals surface area contributed by atoms with Gasteiger partial charge in [0.1, 0.15) is 0 Å². The van der Waals surface area contributed by atoms with Crippen LogP contribution in [-0.4, -0.2) is 35.4 Å². The Kier molecular flexibility index (Phi) is 7.26. The molecule has 2 aromatic carbocycles. The molecular weight excluding hydrogens is 448 g/mol. The lowest BCUT2D eigenvalue weighted by Gasteiger charge is -2.06. The lowest BCUT2D eigenvalue weighted by Crippen LogP contribution is -2.32. The lowest BCUT2D eigenvalue weighted by molar-refractivity contribution is -0.115. The van der Waals surface area contributed by atoms with Crippen molar-refractivity contribution < 1.29 is 9.59 Å². The summed E-state index contributed by atoms with van der Waals surface area (Å²) in [6.45, 7) is 0.535. The number of nitrogens with one attached hydrogen (secondary N) is 3. The molecule has 0 fully saturated rings. The first-order valence-electron chi connectivity index (χ1n) is 10.6. The first-order valence-corrected chi connectivity index (χ1v) is 11.5. The van der Waals surface area contributed by atoms with Crippen LogP contribution in [0.4, 0.5) is 10.8 Å². The van der Waals surface area contributed by atoms with Crippen LogP contribution in [0.3, 0.4) is 0 Å². The molecule has 4 aromatic rings. The van der Waals surface area contributed by atoms with Crippen molar-refractivity contribution in [2.24, 2.45) is 0 Å². The van der Waals surface area contributed by atoms with Crippen molar-refractivity contribution in [3.63, 3.8) is 0 Å². The van der Waals surface area contributed by atoms with Gasteiger partial charge in [0.25, 0.3) is 5.91 Å². The number of carbonyl (C=O) groups is 2. The smallest absolute Gasteiger partial charge is 0.251 e. The van der Waals surface area contributed by atoms with E-state index in [2.05, 4.69) is 38.1 Å². The number of hydrogen-bond acceptors (Lipinski definition) is 7. The number of hydrogen-bond donors (Lipinski definition) is 4. The number of benzene rings is 2. The van der Waals surface area contributed by atoms with Gasteiger partial charge in [0, 0.05) is 34.9 Å². The monoisotopic (exact) mass is 472 g/mol. The number of aromatic nitrogens is 2. The molecule has 5 N–H and O–H groups in total. The number of rotatable bonds is 8. The molecule has 2 amide bonds. The molecule has 0 saturated heterocycles. The zero-order valence-electron chi connectivity index (χ0n) is 18.5. The van der Waals surface area contributed by atoms with Gasteiger partial charge in [0.2, 0.25) is 5.91 Å². The van der Waals surface area contributed by atoms with Crippen LogP contribution in [0.1, 0.15) is 16.1 Å². The van der Waals surface area contributed by atoms with Gasteiger partial charge in [0.15, 0.2) is 5.13 Å². The number of nitrogen functional groups attached to an aromatic ring is 1. The highest BCUT2D eigenvalue weighted by molar-refractivity contribution is 7.14. The molecule has 2 heterocycles. The van der Waals surface area contributed by atoms with Crippen LogP contribution < -0.4 is 21.7 Å². The number of carbonyl (C=O) groups excluding carboxylic acids is 2. The average Bonchev–Trinajstić information content (AvgIpc) is 3.32. The number of amides is 2. The second-order valence-electron chi connectivity index (χ2n) is 7.54. The first kappa shape index (κ1) is 23.1. The van der Waals surface area contributed by atoms with Crippen molar-refractivity contribution >= 4 is 34.0 Å². The van der Waals surface area contributed by atoms with Gasteiger partial charge in [-0.2, -0.15) is 0 Å². The van der Waals surface area contributed by atoms with E-state index < -0.39 is 0 Å². The van der Waals surface area contributed by atoms with Crippen LogP contribution in [0.2, 0.25) is 0 Å². The molecular formula is C25H24N6O2S. The van der Waals surface area contributed by atoms with Crippen LogP contribution in [0.25, 0.3) is 22.4 Å². The van der Waals surface area contributed by atoms with Gasteiger partial charge < -0.3 is 21.7 Å². The summed E-state index contributed by atoms with van der Waals surface area (Å²) in [6, 6.07) is 18.6. The van der Waals surface area contributed by atoms with Gasteiger partial charge in [0.05, 0.1) is 17.9 Å². The SMILES string of the molecule is CNCc1cc(-c2cccc(-c3csc(NC(=O)CNC(=O)c4ccc(N)cc4)n3)c2)ccn1. The molecule has 2 aromatic heterocycles. The van der Waals surface area contributed by atoms with Crippen molar-refractivity contribution in [1.82, 2.24) is 20.6 Å². The Morgan fingerprint density at radius 2 is 1.76 bits per heavy atom. The lowest BCUT2D eigenvalue weighted by atomic mass is 10.0. The van der Waals surface area contributed by atoms with Crippen LogP contribution in [-0.2, 0) is 11.3 Å². The average molecular weight is 473 g/mol. The minimum atomic E-state index is -0.354. The van der Waals surface area contributed by atoms with Gasteiger partial charge in [-0.3, -0.25) is 14.6 Å². The van der Waals surface area contributed by atoms with Crippen LogP contribution in [0.5, 0.6) is 0 Å². The minimum absolute atomic E-state index is 0.162. The predicted molar refractivity (Wildman–Crippen MR) is 135 cm³/mol. The highest BCUT2D eigenvalue weighted by atomic mass is 32.1. The van der Waals surface area contributed by atoms with Gasteiger partial charge in [-0.05, 0) is 60.6 Å². The van der Waals surface area contributed by atoms with Crippen molar-refractivity contribution in [3.8, 4) is 22.4 Å². The third kappa shape index (κ3) is 5.83. The summed E-state index contributed by atoms with van der Waals surface area (Å²) in [6.07, 6.45) is 1.80. The first-order chi connectivity index (χ1) is 16.5. The molecule has 4 rings (SSSR count). The summed E-state index contributed by atoms with van der Waals surface area (Å²) < 4.78 is 0. The van der Waals surface area contributed by atoms with Crippen LogP contribution in [0, 0.1) is 0 Å². The van der Waals surface area contributed by atoms with E-state index in [4.69, 9.17) is 5.73 Å². The van der Waals surface area contributed by atoms with Crippen LogP contribution in [0.15, 0.2) is 72.2 Å². The molecule has 0 aliphatic rings. The molecule has 0 aliphatic carbocycles. The number of anilines is 2. The summed E-state index contributed by atoms with van der Waals surface area (Å²) in [5.74, 6) is -0.701. The zero-order valence-corrected chi connectivity index (χ0v) is 19.4. The highest BCUT2D eigenvalue weighted by Crippen LogP contribution is 2.29. The molecule has 0 aliphatic heterocycles. The van der Waals surface area contributed by atoms with E-state index in [1.807, 2.05) is 36.7 Å². The maximum absolute atomic E-state index is 12.3. The summed E-state index contributed by atoms with van der Waals surface area (Å²) in [7, 11) is 1.89. The van der Waals surface area contributed by atoms with Crippen molar-refractivity contribution in [1.29, 1.82) is 0 Å². The fourth-order valence-electron chi connectivity index (χ4n) is 3.32. The van der Waals surface area contributed by atoms with E-state index in [0.29, 0.717) is 22.9 Å². The quantitative estimate of drug-likeness (QED) is 0.291. The second-order valence-corrected chi connectivity index (χ2v) is 8.40. The van der Waals surface area contributed by atoms with Gasteiger partial charge in [-0.25, -0.2) is 4.98 Å². The van der Waals surface area contributed by atoms with Crippen LogP contribution >= 0.6 is 11.3 Å². The third-order valence-corrected chi connectivity index (χ3v) is 5.76. The van der Waals surface area contributed by atoms with Crippen molar-refractivity contribution in [2.75, 3.05) is 24.6 Å². The summed E-state index contributed by atoms with van der Waals surface area (Å²) >= 11 is 1.33. The van der Waals surface area contributed by atoms with E-state index >= 15 is 0 Å². The summed E-state index contributed by atoms with van der Waals surface area (Å²) in [5.41, 5.74) is 11.4. The highest BCUT2D eigenvalue weighted by Gasteiger charge is 2.11. The normalized spacial score (nSPS) is 10.6. The molecule has 0 atom stereocenters. The predicted octanol–water partition coefficient (Wildman–Crippen LogP) is 3.54. The standard InChI is InChI=1S/C25H24N6O2S/c1-27-13-21-12-18(9-10-28-21)17-3-2-4-19(11-17)22-15-34-25(30-22)31-23(32)14-29-24(33)16-5-7-20(26)8-6-16/h2-12,15,27H,13-14,26H2,1H3,(H,29,33)(H,30,31,32). The van der Waals surface area contributed by atoms with Gasteiger partial charge >= 0.3 is 0 Å². The summed E-state index contributed by atoms with van der Waals surface area (Å²) in [5, 5.41) is 10.8. The Bertz CT molecular complexity index is 1300. The second kappa shape index (κ2) is 10.7. The van der Waals surface area contributed by atoms with E-state index in [0.717, 1.165) is 28.1 Å². The Morgan fingerprint density at radius 3 is 2.56 bits per heavy atom. The molecule has 0 spiro atoms. The zero-order chi connectivity index (χ0) is 23.9. The molecule has 0 bridgehead atoms. The minimum Gasteiger partial charge on any atom is -0.399 e. The largest absolute Gasteiger partial charge is 0.399 e. The Balaban J connectivity index is 1.39. The molecule has 0 saturated carbocycles. The fraction of sp³-hybridized carbons (Fsp3) is 0.120. The van der Waals surface area contributed by atoms with E-state index in [1.54, 1.807) is 30.5 Å².